The molecule has 42 heavy (non-hydrogen) atoms. The molecule has 3 fully saturated rings. The van der Waals surface area contributed by atoms with Gasteiger partial charge in [0, 0.05) is 56.4 Å². The Labute approximate surface area is 250 Å². The maximum Gasteiger partial charge on any atom is 0.265 e. The summed E-state index contributed by atoms with van der Waals surface area (Å²) >= 11 is 1.33. The SMILES string of the molecule is CNC(=O)[C@H]1CCCC[C@H]1C(=O)N1CCc2cccc(OC3CCN(C(=O)c4cncs4)C3)c2[C@H]1CNC(=O)C1CC1. The Kier molecular flexibility index (Phi) is 8.46. The fourth-order valence-corrected chi connectivity index (χ4v) is 7.40. The minimum absolute atomic E-state index is 0.0170. The van der Waals surface area contributed by atoms with Gasteiger partial charge in [-0.25, -0.2) is 0 Å². The molecule has 2 aromatic rings. The quantitative estimate of drug-likeness (QED) is 0.486. The van der Waals surface area contributed by atoms with Gasteiger partial charge in [-0.2, -0.15) is 0 Å². The monoisotopic (exact) mass is 593 g/mol. The smallest absolute Gasteiger partial charge is 0.265 e. The summed E-state index contributed by atoms with van der Waals surface area (Å²) in [6.45, 7) is 1.90. The van der Waals surface area contributed by atoms with Gasteiger partial charge in [-0.3, -0.25) is 24.2 Å². The van der Waals surface area contributed by atoms with Crippen LogP contribution in [0.1, 0.15) is 71.8 Å². The zero-order chi connectivity index (χ0) is 29.2. The number of thiazole rings is 1. The van der Waals surface area contributed by atoms with Gasteiger partial charge in [0.05, 0.1) is 24.3 Å². The molecular formula is C31H39N5O5S. The van der Waals surface area contributed by atoms with Crippen molar-refractivity contribution in [3.05, 3.63) is 45.9 Å². The number of aromatic nitrogens is 1. The van der Waals surface area contributed by atoms with Crippen LogP contribution in [-0.4, -0.2) is 77.7 Å². The molecular weight excluding hydrogens is 554 g/mol. The van der Waals surface area contributed by atoms with Gasteiger partial charge in [-0.15, -0.1) is 11.3 Å². The maximum atomic E-state index is 14.2. The highest BCUT2D eigenvalue weighted by molar-refractivity contribution is 7.11. The molecule has 1 aromatic heterocycles. The molecule has 2 N–H and O–H groups in total. The van der Waals surface area contributed by atoms with Gasteiger partial charge in [0.25, 0.3) is 5.91 Å². The largest absolute Gasteiger partial charge is 0.488 e. The number of rotatable bonds is 8. The molecule has 11 heteroatoms. The zero-order valence-electron chi connectivity index (χ0n) is 24.0. The van der Waals surface area contributed by atoms with Crippen LogP contribution in [0.3, 0.4) is 0 Å². The Morgan fingerprint density at radius 3 is 2.57 bits per heavy atom. The first-order chi connectivity index (χ1) is 20.4. The second-order valence-corrected chi connectivity index (χ2v) is 12.8. The highest BCUT2D eigenvalue weighted by Gasteiger charge is 2.42. The molecule has 0 bridgehead atoms. The number of fused-ring (bicyclic) bond motifs is 1. The lowest BCUT2D eigenvalue weighted by Gasteiger charge is -2.42. The third-order valence-electron chi connectivity index (χ3n) is 9.22. The molecule has 4 atom stereocenters. The van der Waals surface area contributed by atoms with E-state index in [-0.39, 0.29) is 47.5 Å². The number of likely N-dealkylation sites (tertiary alicyclic amines) is 1. The fraction of sp³-hybridized carbons (Fsp3) is 0.581. The summed E-state index contributed by atoms with van der Waals surface area (Å²) < 4.78 is 6.60. The van der Waals surface area contributed by atoms with Crippen molar-refractivity contribution in [3.63, 3.8) is 0 Å². The summed E-state index contributed by atoms with van der Waals surface area (Å²) in [5.74, 6) is -0.0681. The minimum atomic E-state index is -0.399. The Bertz CT molecular complexity index is 1330. The van der Waals surface area contributed by atoms with E-state index in [0.717, 1.165) is 36.8 Å². The van der Waals surface area contributed by atoms with Crippen molar-refractivity contribution in [2.24, 2.45) is 17.8 Å². The Hall–Kier alpha value is -3.47. The van der Waals surface area contributed by atoms with E-state index in [1.807, 2.05) is 17.0 Å². The van der Waals surface area contributed by atoms with Gasteiger partial charge in [-0.1, -0.05) is 25.0 Å². The summed E-state index contributed by atoms with van der Waals surface area (Å²) in [5.41, 5.74) is 3.68. The normalized spacial score (nSPS) is 25.5. The maximum absolute atomic E-state index is 14.2. The average Bonchev–Trinajstić information content (AvgIpc) is 3.52. The lowest BCUT2D eigenvalue weighted by Crippen LogP contribution is -2.50. The van der Waals surface area contributed by atoms with Crippen LogP contribution < -0.4 is 15.4 Å². The number of hydrogen-bond acceptors (Lipinski definition) is 7. The first-order valence-electron chi connectivity index (χ1n) is 15.2. The second-order valence-electron chi connectivity index (χ2n) is 11.9. The van der Waals surface area contributed by atoms with Crippen LogP contribution in [0.2, 0.25) is 0 Å². The molecule has 2 aliphatic carbocycles. The summed E-state index contributed by atoms with van der Waals surface area (Å²) in [4.78, 5) is 61.0. The topological polar surface area (TPSA) is 121 Å². The van der Waals surface area contributed by atoms with Crippen LogP contribution in [0.5, 0.6) is 5.75 Å². The highest BCUT2D eigenvalue weighted by Crippen LogP contribution is 2.41. The number of nitrogens with one attached hydrogen (secondary N) is 2. The molecule has 4 aliphatic rings. The number of amides is 4. The molecule has 6 rings (SSSR count). The third kappa shape index (κ3) is 5.88. The highest BCUT2D eigenvalue weighted by atomic mass is 32.1. The summed E-state index contributed by atoms with van der Waals surface area (Å²) in [6.07, 6.45) is 7.84. The Morgan fingerprint density at radius 2 is 1.83 bits per heavy atom. The van der Waals surface area contributed by atoms with Crippen LogP contribution in [0, 0.1) is 17.8 Å². The van der Waals surface area contributed by atoms with Crippen molar-refractivity contribution in [1.82, 2.24) is 25.4 Å². The molecule has 10 nitrogen and oxygen atoms in total. The minimum Gasteiger partial charge on any atom is -0.488 e. The molecule has 1 saturated heterocycles. The average molecular weight is 594 g/mol. The van der Waals surface area contributed by atoms with Crippen LogP contribution in [0.25, 0.3) is 0 Å². The van der Waals surface area contributed by atoms with Crippen LogP contribution in [0.4, 0.5) is 0 Å². The third-order valence-corrected chi connectivity index (χ3v) is 9.99. The van der Waals surface area contributed by atoms with Crippen LogP contribution in [0.15, 0.2) is 29.9 Å². The predicted octanol–water partition coefficient (Wildman–Crippen LogP) is 2.94. The number of nitrogens with zero attached hydrogens (tertiary/aromatic N) is 3. The molecule has 3 heterocycles. The standard InChI is InChI=1S/C31H39N5O5S/c1-32-29(38)22-6-2-3-7-23(22)30(39)36-14-11-19-5-4-8-25(27(19)24(36)15-34-28(37)20-9-10-20)41-21-12-13-35(17-21)31(40)26-16-33-18-42-26/h4-5,8,16,18,20-24H,2-3,6-7,9-15,17H2,1H3,(H,32,38)(H,34,37)/t21?,22-,23+,24+/m0/s1. The molecule has 1 unspecified atom stereocenters. The van der Waals surface area contributed by atoms with Gasteiger partial charge in [0.2, 0.25) is 17.7 Å². The van der Waals surface area contributed by atoms with Gasteiger partial charge in [-0.05, 0) is 43.7 Å². The first kappa shape index (κ1) is 28.6. The molecule has 2 aliphatic heterocycles. The van der Waals surface area contributed by atoms with E-state index in [1.165, 1.54) is 11.3 Å². The van der Waals surface area contributed by atoms with Gasteiger partial charge >= 0.3 is 0 Å². The molecule has 0 spiro atoms. The molecule has 0 radical (unpaired) electrons. The van der Waals surface area contributed by atoms with E-state index in [4.69, 9.17) is 4.74 Å². The van der Waals surface area contributed by atoms with E-state index in [2.05, 4.69) is 21.7 Å². The van der Waals surface area contributed by atoms with E-state index in [9.17, 15) is 19.2 Å². The second kappa shape index (κ2) is 12.4. The molecule has 2 saturated carbocycles. The number of ether oxygens (including phenoxy) is 1. The lowest BCUT2D eigenvalue weighted by atomic mass is 9.77. The van der Waals surface area contributed by atoms with Gasteiger partial charge in [0.15, 0.2) is 0 Å². The van der Waals surface area contributed by atoms with Crippen molar-refractivity contribution in [3.8, 4) is 5.75 Å². The molecule has 4 amide bonds. The summed E-state index contributed by atoms with van der Waals surface area (Å²) in [7, 11) is 1.63. The van der Waals surface area contributed by atoms with E-state index < -0.39 is 6.04 Å². The van der Waals surface area contributed by atoms with Gasteiger partial charge in [0.1, 0.15) is 16.7 Å². The predicted molar refractivity (Wildman–Crippen MR) is 157 cm³/mol. The van der Waals surface area contributed by atoms with E-state index in [0.29, 0.717) is 62.5 Å². The van der Waals surface area contributed by atoms with Crippen molar-refractivity contribution >= 4 is 35.0 Å². The van der Waals surface area contributed by atoms with E-state index >= 15 is 0 Å². The number of benzene rings is 1. The first-order valence-corrected chi connectivity index (χ1v) is 16.1. The zero-order valence-corrected chi connectivity index (χ0v) is 24.9. The number of carbonyl (C=O) groups excluding carboxylic acids is 4. The number of carbonyl (C=O) groups is 4. The summed E-state index contributed by atoms with van der Waals surface area (Å²) in [6, 6.07) is 5.58. The van der Waals surface area contributed by atoms with Crippen LogP contribution >= 0.6 is 11.3 Å². The molecule has 1 aromatic carbocycles. The molecule has 224 valence electrons. The van der Waals surface area contributed by atoms with Crippen molar-refractivity contribution < 1.29 is 23.9 Å². The van der Waals surface area contributed by atoms with Crippen molar-refractivity contribution in [1.29, 1.82) is 0 Å². The fourth-order valence-electron chi connectivity index (χ4n) is 6.81. The van der Waals surface area contributed by atoms with Crippen LogP contribution in [-0.2, 0) is 20.8 Å². The lowest BCUT2D eigenvalue weighted by molar-refractivity contribution is -0.146. The van der Waals surface area contributed by atoms with Gasteiger partial charge < -0.3 is 25.2 Å². The Balaban J connectivity index is 1.25. The summed E-state index contributed by atoms with van der Waals surface area (Å²) in [5, 5.41) is 5.88. The van der Waals surface area contributed by atoms with Crippen molar-refractivity contribution in [2.75, 3.05) is 33.2 Å². The number of hydrogen-bond donors (Lipinski definition) is 2. The van der Waals surface area contributed by atoms with E-state index in [1.54, 1.807) is 23.7 Å². The van der Waals surface area contributed by atoms with Crippen molar-refractivity contribution in [2.45, 2.75) is 63.5 Å². The Morgan fingerprint density at radius 1 is 1.02 bits per heavy atom.